The van der Waals surface area contributed by atoms with Crippen molar-refractivity contribution < 1.29 is 18.1 Å². The van der Waals surface area contributed by atoms with Crippen LogP contribution >= 0.6 is 7.82 Å². The van der Waals surface area contributed by atoms with Crippen molar-refractivity contribution in [2.75, 3.05) is 25.3 Å². The van der Waals surface area contributed by atoms with Crippen molar-refractivity contribution in [3.63, 3.8) is 0 Å². The summed E-state index contributed by atoms with van der Waals surface area (Å²) in [6.45, 7) is 3.62. The fourth-order valence-corrected chi connectivity index (χ4v) is 4.10. The lowest BCUT2D eigenvalue weighted by atomic mass is 10.1. The van der Waals surface area contributed by atoms with Gasteiger partial charge in [-0.3, -0.25) is 23.4 Å². The molecular weight excluding hydrogens is 393 g/mol. The van der Waals surface area contributed by atoms with Gasteiger partial charge in [0.05, 0.1) is 18.9 Å². The molecule has 3 aromatic rings. The van der Waals surface area contributed by atoms with E-state index >= 15 is 0 Å². The Morgan fingerprint density at radius 1 is 1.03 bits per heavy atom. The molecule has 0 saturated carbocycles. The van der Waals surface area contributed by atoms with Gasteiger partial charge in [-0.05, 0) is 43.5 Å². The molecule has 0 bridgehead atoms. The van der Waals surface area contributed by atoms with Gasteiger partial charge < -0.3 is 0 Å². The normalized spacial score (nSPS) is 11.7. The second kappa shape index (κ2) is 9.33. The first kappa shape index (κ1) is 21.2. The molecule has 1 aromatic carbocycles. The van der Waals surface area contributed by atoms with Crippen molar-refractivity contribution >= 4 is 24.4 Å². The Balaban J connectivity index is 2.07. The zero-order valence-corrected chi connectivity index (χ0v) is 17.5. The molecule has 0 aliphatic heterocycles. The van der Waals surface area contributed by atoms with Crippen LogP contribution in [0.25, 0.3) is 10.8 Å². The molecule has 0 spiro atoms. The molecule has 0 aliphatic carbocycles. The molecule has 0 aliphatic rings. The van der Waals surface area contributed by atoms with Crippen LogP contribution in [0.15, 0.2) is 59.5 Å². The highest BCUT2D eigenvalue weighted by molar-refractivity contribution is 7.48. The molecule has 0 amide bonds. The van der Waals surface area contributed by atoms with Gasteiger partial charge in [-0.15, -0.1) is 0 Å². The quantitative estimate of drug-likeness (QED) is 0.487. The molecule has 0 unspecified atom stereocenters. The monoisotopic (exact) mass is 417 g/mol. The van der Waals surface area contributed by atoms with E-state index in [0.717, 1.165) is 5.39 Å². The summed E-state index contributed by atoms with van der Waals surface area (Å²) in [5, 5.41) is 2.93. The standard InChI is InChI=1S/C20H24N3O5P/c1-4-26-29(25,27-5-2)28-15-17-14-16-10-6-7-11-18(16)20(24)23(17)22(3)19-12-8-9-13-21-19/h6-14H,4-5,15H2,1-3H3. The fourth-order valence-electron chi connectivity index (χ4n) is 2.96. The third-order valence-corrected chi connectivity index (χ3v) is 5.80. The Kier molecular flexibility index (Phi) is 6.82. The highest BCUT2D eigenvalue weighted by Gasteiger charge is 2.26. The lowest BCUT2D eigenvalue weighted by molar-refractivity contribution is 0.114. The lowest BCUT2D eigenvalue weighted by Crippen LogP contribution is -2.38. The summed E-state index contributed by atoms with van der Waals surface area (Å²) in [7, 11) is -2.00. The van der Waals surface area contributed by atoms with E-state index in [0.29, 0.717) is 16.9 Å². The minimum Gasteiger partial charge on any atom is -0.287 e. The molecule has 0 atom stereocenters. The van der Waals surface area contributed by atoms with E-state index in [1.165, 1.54) is 4.68 Å². The van der Waals surface area contributed by atoms with Crippen molar-refractivity contribution in [3.05, 3.63) is 70.8 Å². The molecule has 0 N–H and O–H groups in total. The number of rotatable bonds is 9. The molecule has 0 radical (unpaired) electrons. The van der Waals surface area contributed by atoms with Crippen LogP contribution in [-0.4, -0.2) is 29.9 Å². The Bertz CT molecular complexity index is 1060. The first-order valence-electron chi connectivity index (χ1n) is 9.31. The molecule has 154 valence electrons. The Hall–Kier alpha value is -2.51. The number of hydrogen-bond acceptors (Lipinski definition) is 7. The maximum Gasteiger partial charge on any atom is 0.475 e. The van der Waals surface area contributed by atoms with Gasteiger partial charge in [-0.1, -0.05) is 24.3 Å². The number of pyridine rings is 2. The van der Waals surface area contributed by atoms with Gasteiger partial charge >= 0.3 is 7.82 Å². The molecule has 9 heteroatoms. The maximum absolute atomic E-state index is 13.2. The van der Waals surface area contributed by atoms with E-state index in [2.05, 4.69) is 4.98 Å². The highest BCUT2D eigenvalue weighted by atomic mass is 31.2. The van der Waals surface area contributed by atoms with Crippen LogP contribution in [0.2, 0.25) is 0 Å². The van der Waals surface area contributed by atoms with E-state index in [-0.39, 0.29) is 25.4 Å². The molecule has 29 heavy (non-hydrogen) atoms. The van der Waals surface area contributed by atoms with E-state index in [1.807, 2.05) is 30.3 Å². The summed E-state index contributed by atoms with van der Waals surface area (Å²) in [5.41, 5.74) is 0.249. The minimum absolute atomic E-state index is 0.144. The van der Waals surface area contributed by atoms with Gasteiger partial charge in [-0.2, -0.15) is 0 Å². The zero-order chi connectivity index (χ0) is 20.9. The largest absolute Gasteiger partial charge is 0.475 e. The van der Waals surface area contributed by atoms with Crippen LogP contribution in [0.3, 0.4) is 0 Å². The van der Waals surface area contributed by atoms with Crippen LogP contribution < -0.4 is 10.6 Å². The van der Waals surface area contributed by atoms with E-state index < -0.39 is 7.82 Å². The molecule has 8 nitrogen and oxygen atoms in total. The summed E-state index contributed by atoms with van der Waals surface area (Å²) in [6, 6.07) is 14.5. The number of aromatic nitrogens is 2. The summed E-state index contributed by atoms with van der Waals surface area (Å²) in [4.78, 5) is 17.6. The Morgan fingerprint density at radius 2 is 1.72 bits per heavy atom. The summed E-state index contributed by atoms with van der Waals surface area (Å²) in [6.07, 6.45) is 1.65. The number of phosphoric acid groups is 1. The fraction of sp³-hybridized carbons (Fsp3) is 0.300. The molecule has 3 rings (SSSR count). The number of nitrogens with zero attached hydrogens (tertiary/aromatic N) is 3. The average molecular weight is 417 g/mol. The lowest BCUT2D eigenvalue weighted by Gasteiger charge is -2.25. The van der Waals surface area contributed by atoms with Crippen molar-refractivity contribution in [2.45, 2.75) is 20.5 Å². The number of hydrogen-bond donors (Lipinski definition) is 0. The second-order valence-corrected chi connectivity index (χ2v) is 7.78. The molecular formula is C20H24N3O5P. The van der Waals surface area contributed by atoms with Crippen LogP contribution in [0, 0.1) is 0 Å². The molecule has 2 heterocycles. The first-order chi connectivity index (χ1) is 14.0. The zero-order valence-electron chi connectivity index (χ0n) is 16.6. The minimum atomic E-state index is -3.73. The third-order valence-electron chi connectivity index (χ3n) is 4.20. The highest BCUT2D eigenvalue weighted by Crippen LogP contribution is 2.49. The topological polar surface area (TPSA) is 82.9 Å². The van der Waals surface area contributed by atoms with Gasteiger partial charge in [0, 0.05) is 18.6 Å². The SMILES string of the molecule is CCOP(=O)(OCC)OCc1cc2ccccc2c(=O)n1N(C)c1ccccn1. The summed E-state index contributed by atoms with van der Waals surface area (Å²) in [5.74, 6) is 0.573. The van der Waals surface area contributed by atoms with E-state index in [1.54, 1.807) is 50.3 Å². The van der Waals surface area contributed by atoms with E-state index in [9.17, 15) is 9.36 Å². The first-order valence-corrected chi connectivity index (χ1v) is 10.8. The van der Waals surface area contributed by atoms with E-state index in [4.69, 9.17) is 13.6 Å². The average Bonchev–Trinajstić information content (AvgIpc) is 2.73. The molecule has 2 aromatic heterocycles. The summed E-state index contributed by atoms with van der Waals surface area (Å²) >= 11 is 0. The van der Waals surface area contributed by atoms with Crippen molar-refractivity contribution in [1.82, 2.24) is 9.66 Å². The van der Waals surface area contributed by atoms with Gasteiger partial charge in [0.25, 0.3) is 5.56 Å². The van der Waals surface area contributed by atoms with Crippen molar-refractivity contribution in [1.29, 1.82) is 0 Å². The summed E-state index contributed by atoms with van der Waals surface area (Å²) < 4.78 is 30.1. The van der Waals surface area contributed by atoms with Crippen LogP contribution in [-0.2, 0) is 24.7 Å². The number of anilines is 1. The number of phosphoric ester groups is 1. The van der Waals surface area contributed by atoms with Crippen LogP contribution in [0.5, 0.6) is 0 Å². The Morgan fingerprint density at radius 3 is 2.38 bits per heavy atom. The number of fused-ring (bicyclic) bond motifs is 1. The van der Waals surface area contributed by atoms with Crippen LogP contribution in [0.4, 0.5) is 5.82 Å². The predicted molar refractivity (Wildman–Crippen MR) is 112 cm³/mol. The van der Waals surface area contributed by atoms with Gasteiger partial charge in [0.15, 0.2) is 0 Å². The van der Waals surface area contributed by atoms with Crippen molar-refractivity contribution in [2.24, 2.45) is 0 Å². The Labute approximate surface area is 169 Å². The third kappa shape index (κ3) is 4.74. The van der Waals surface area contributed by atoms with Gasteiger partial charge in [-0.25, -0.2) is 14.2 Å². The maximum atomic E-state index is 13.2. The molecule has 0 saturated heterocycles. The second-order valence-electron chi connectivity index (χ2n) is 6.11. The van der Waals surface area contributed by atoms with Gasteiger partial charge in [0.2, 0.25) is 0 Å². The predicted octanol–water partition coefficient (Wildman–Crippen LogP) is 3.99. The van der Waals surface area contributed by atoms with Crippen LogP contribution in [0.1, 0.15) is 19.5 Å². The smallest absolute Gasteiger partial charge is 0.287 e. The van der Waals surface area contributed by atoms with Crippen molar-refractivity contribution in [3.8, 4) is 0 Å². The molecule has 0 fully saturated rings. The number of benzene rings is 1. The van der Waals surface area contributed by atoms with Gasteiger partial charge in [0.1, 0.15) is 12.4 Å².